The minimum Gasteiger partial charge on any atom is -0.444 e. The molecule has 23 heavy (non-hydrogen) atoms. The normalized spacial score (nSPS) is 16.5. The van der Waals surface area contributed by atoms with Crippen molar-refractivity contribution in [3.8, 4) is 0 Å². The molecule has 1 aliphatic heterocycles. The number of nitrogens with zero attached hydrogens (tertiary/aromatic N) is 1. The SMILES string of the molecule is CC(C)(C)OC(=O)N1CCC(c2cc(CCO)ccc2F)CC1. The lowest BCUT2D eigenvalue weighted by molar-refractivity contribution is 0.0204. The highest BCUT2D eigenvalue weighted by atomic mass is 19.1. The Balaban J connectivity index is 1.99. The number of amides is 1. The number of aliphatic hydroxyl groups excluding tert-OH is 1. The van der Waals surface area contributed by atoms with E-state index in [1.807, 2.05) is 26.8 Å². The Kier molecular flexibility index (Phi) is 5.63. The Morgan fingerprint density at radius 1 is 1.35 bits per heavy atom. The summed E-state index contributed by atoms with van der Waals surface area (Å²) in [7, 11) is 0. The van der Waals surface area contributed by atoms with Crippen LogP contribution in [0.4, 0.5) is 9.18 Å². The van der Waals surface area contributed by atoms with Gasteiger partial charge in [-0.05, 0) is 63.1 Å². The number of carbonyl (C=O) groups excluding carboxylic acids is 1. The zero-order valence-electron chi connectivity index (χ0n) is 14.1. The van der Waals surface area contributed by atoms with Crippen LogP contribution < -0.4 is 0 Å². The molecular formula is C18H26FNO3. The maximum absolute atomic E-state index is 14.1. The number of halogens is 1. The van der Waals surface area contributed by atoms with Gasteiger partial charge in [-0.3, -0.25) is 0 Å². The second-order valence-corrected chi connectivity index (χ2v) is 7.07. The van der Waals surface area contributed by atoms with E-state index in [0.29, 0.717) is 25.1 Å². The molecule has 0 atom stereocenters. The molecule has 0 aliphatic carbocycles. The zero-order valence-corrected chi connectivity index (χ0v) is 14.1. The third-order valence-electron chi connectivity index (χ3n) is 4.05. The van der Waals surface area contributed by atoms with E-state index >= 15 is 0 Å². The largest absolute Gasteiger partial charge is 0.444 e. The van der Waals surface area contributed by atoms with E-state index in [9.17, 15) is 9.18 Å². The topological polar surface area (TPSA) is 49.8 Å². The number of benzene rings is 1. The van der Waals surface area contributed by atoms with Crippen molar-refractivity contribution in [1.29, 1.82) is 0 Å². The van der Waals surface area contributed by atoms with Gasteiger partial charge in [-0.25, -0.2) is 9.18 Å². The van der Waals surface area contributed by atoms with E-state index in [2.05, 4.69) is 0 Å². The minimum absolute atomic E-state index is 0.0577. The molecule has 1 aromatic rings. The first-order valence-corrected chi connectivity index (χ1v) is 8.17. The van der Waals surface area contributed by atoms with E-state index in [-0.39, 0.29) is 24.4 Å². The number of hydrogen-bond acceptors (Lipinski definition) is 3. The molecular weight excluding hydrogens is 297 g/mol. The Labute approximate surface area is 137 Å². The van der Waals surface area contributed by atoms with Gasteiger partial charge < -0.3 is 14.7 Å². The molecule has 2 rings (SSSR count). The predicted molar refractivity (Wildman–Crippen MR) is 87.0 cm³/mol. The molecule has 1 heterocycles. The Morgan fingerprint density at radius 3 is 2.57 bits per heavy atom. The van der Waals surface area contributed by atoms with Crippen molar-refractivity contribution >= 4 is 6.09 Å². The van der Waals surface area contributed by atoms with Crippen LogP contribution in [0.2, 0.25) is 0 Å². The van der Waals surface area contributed by atoms with Gasteiger partial charge in [0.2, 0.25) is 0 Å². The molecule has 0 unspecified atom stereocenters. The monoisotopic (exact) mass is 323 g/mol. The third kappa shape index (κ3) is 4.93. The molecule has 0 bridgehead atoms. The molecule has 5 heteroatoms. The van der Waals surface area contributed by atoms with E-state index in [0.717, 1.165) is 18.4 Å². The van der Waals surface area contributed by atoms with Gasteiger partial charge in [0, 0.05) is 19.7 Å². The van der Waals surface area contributed by atoms with Gasteiger partial charge in [-0.15, -0.1) is 0 Å². The van der Waals surface area contributed by atoms with Gasteiger partial charge >= 0.3 is 6.09 Å². The van der Waals surface area contributed by atoms with E-state index in [1.165, 1.54) is 6.07 Å². The fourth-order valence-electron chi connectivity index (χ4n) is 2.89. The summed E-state index contributed by atoms with van der Waals surface area (Å²) in [6, 6.07) is 5.03. The van der Waals surface area contributed by atoms with Crippen LogP contribution in [-0.4, -0.2) is 41.4 Å². The number of likely N-dealkylation sites (tertiary alicyclic amines) is 1. The van der Waals surface area contributed by atoms with Crippen molar-refractivity contribution in [3.05, 3.63) is 35.1 Å². The molecule has 0 aromatic heterocycles. The predicted octanol–water partition coefficient (Wildman–Crippen LogP) is 3.48. The average Bonchev–Trinajstić information content (AvgIpc) is 2.48. The first-order valence-electron chi connectivity index (χ1n) is 8.17. The lowest BCUT2D eigenvalue weighted by Crippen LogP contribution is -2.41. The maximum atomic E-state index is 14.1. The summed E-state index contributed by atoms with van der Waals surface area (Å²) in [4.78, 5) is 13.8. The number of rotatable bonds is 3. The smallest absolute Gasteiger partial charge is 0.410 e. The fourth-order valence-corrected chi connectivity index (χ4v) is 2.89. The van der Waals surface area contributed by atoms with Crippen molar-refractivity contribution in [3.63, 3.8) is 0 Å². The summed E-state index contributed by atoms with van der Waals surface area (Å²) in [5.74, 6) is -0.102. The zero-order chi connectivity index (χ0) is 17.0. The van der Waals surface area contributed by atoms with Crippen LogP contribution in [0.1, 0.15) is 50.7 Å². The lowest BCUT2D eigenvalue weighted by atomic mass is 9.88. The Bertz CT molecular complexity index is 546. The Hall–Kier alpha value is -1.62. The van der Waals surface area contributed by atoms with Crippen molar-refractivity contribution in [2.45, 2.75) is 51.6 Å². The van der Waals surface area contributed by atoms with Crippen molar-refractivity contribution in [1.82, 2.24) is 4.90 Å². The summed E-state index contributed by atoms with van der Waals surface area (Å²) < 4.78 is 19.5. The summed E-state index contributed by atoms with van der Waals surface area (Å²) in [5.41, 5.74) is 1.14. The van der Waals surface area contributed by atoms with Gasteiger partial charge in [0.25, 0.3) is 0 Å². The van der Waals surface area contributed by atoms with Crippen LogP contribution >= 0.6 is 0 Å². The lowest BCUT2D eigenvalue weighted by Gasteiger charge is -2.33. The van der Waals surface area contributed by atoms with Crippen LogP contribution in [0.5, 0.6) is 0 Å². The van der Waals surface area contributed by atoms with Crippen molar-refractivity contribution < 1.29 is 19.0 Å². The summed E-state index contributed by atoms with van der Waals surface area (Å²) in [6.07, 6.45) is 1.67. The molecule has 0 radical (unpaired) electrons. The van der Waals surface area contributed by atoms with Gasteiger partial charge in [0.15, 0.2) is 0 Å². The first kappa shape index (κ1) is 17.7. The standard InChI is InChI=1S/C18H26FNO3/c1-18(2,3)23-17(22)20-9-6-14(7-10-20)15-12-13(8-11-21)4-5-16(15)19/h4-5,12,14,21H,6-11H2,1-3H3. The number of piperidine rings is 1. The van der Waals surface area contributed by atoms with Crippen LogP contribution in [0, 0.1) is 5.82 Å². The minimum atomic E-state index is -0.501. The molecule has 0 spiro atoms. The number of ether oxygens (including phenoxy) is 1. The number of carbonyl (C=O) groups is 1. The number of aliphatic hydroxyl groups is 1. The summed E-state index contributed by atoms with van der Waals surface area (Å²) in [6.45, 7) is 6.74. The van der Waals surface area contributed by atoms with Crippen LogP contribution in [0.3, 0.4) is 0 Å². The van der Waals surface area contributed by atoms with E-state index < -0.39 is 5.60 Å². The molecule has 1 fully saturated rings. The summed E-state index contributed by atoms with van der Waals surface area (Å²) in [5, 5.41) is 9.03. The van der Waals surface area contributed by atoms with Crippen LogP contribution in [-0.2, 0) is 11.2 Å². The highest BCUT2D eigenvalue weighted by molar-refractivity contribution is 5.68. The van der Waals surface area contributed by atoms with Crippen molar-refractivity contribution in [2.24, 2.45) is 0 Å². The molecule has 128 valence electrons. The molecule has 1 amide bonds. The van der Waals surface area contributed by atoms with Gasteiger partial charge in [0.05, 0.1) is 0 Å². The maximum Gasteiger partial charge on any atom is 0.410 e. The number of hydrogen-bond donors (Lipinski definition) is 1. The first-order chi connectivity index (χ1) is 10.8. The van der Waals surface area contributed by atoms with Gasteiger partial charge in [-0.2, -0.15) is 0 Å². The highest BCUT2D eigenvalue weighted by Gasteiger charge is 2.28. The van der Waals surface area contributed by atoms with E-state index in [4.69, 9.17) is 9.84 Å². The molecule has 4 nitrogen and oxygen atoms in total. The Morgan fingerprint density at radius 2 is 2.00 bits per heavy atom. The molecule has 1 aliphatic rings. The van der Waals surface area contributed by atoms with Crippen LogP contribution in [0.25, 0.3) is 0 Å². The third-order valence-corrected chi connectivity index (χ3v) is 4.05. The van der Waals surface area contributed by atoms with Crippen LogP contribution in [0.15, 0.2) is 18.2 Å². The highest BCUT2D eigenvalue weighted by Crippen LogP contribution is 2.31. The molecule has 1 saturated heterocycles. The molecule has 1 aromatic carbocycles. The second-order valence-electron chi connectivity index (χ2n) is 7.07. The second kappa shape index (κ2) is 7.30. The van der Waals surface area contributed by atoms with Crippen molar-refractivity contribution in [2.75, 3.05) is 19.7 Å². The molecule has 0 saturated carbocycles. The van der Waals surface area contributed by atoms with E-state index in [1.54, 1.807) is 11.0 Å². The average molecular weight is 323 g/mol. The quantitative estimate of drug-likeness (QED) is 0.926. The van der Waals surface area contributed by atoms with Gasteiger partial charge in [0.1, 0.15) is 11.4 Å². The fraction of sp³-hybridized carbons (Fsp3) is 0.611. The molecule has 1 N–H and O–H groups in total. The van der Waals surface area contributed by atoms with Gasteiger partial charge in [-0.1, -0.05) is 12.1 Å². The summed E-state index contributed by atoms with van der Waals surface area (Å²) >= 11 is 0.